The molecule has 0 atom stereocenters. The van der Waals surface area contributed by atoms with Gasteiger partial charge in [0.15, 0.2) is 0 Å². The number of nitro benzene ring substituents is 1. The lowest BCUT2D eigenvalue weighted by atomic mass is 9.86. The van der Waals surface area contributed by atoms with Gasteiger partial charge in [-0.25, -0.2) is 0 Å². The van der Waals surface area contributed by atoms with Crippen LogP contribution in [0.5, 0.6) is 0 Å². The van der Waals surface area contributed by atoms with Crippen molar-refractivity contribution in [1.29, 1.82) is 0 Å². The molecule has 0 radical (unpaired) electrons. The van der Waals surface area contributed by atoms with Crippen LogP contribution < -0.4 is 0 Å². The minimum Gasteiger partial charge on any atom is -0.299 e. The number of hydrogen-bond acceptors (Lipinski definition) is 4. The molecule has 0 spiro atoms. The van der Waals surface area contributed by atoms with Gasteiger partial charge in [0, 0.05) is 23.6 Å². The van der Waals surface area contributed by atoms with Gasteiger partial charge in [-0.05, 0) is 24.3 Å². The van der Waals surface area contributed by atoms with Gasteiger partial charge < -0.3 is 0 Å². The number of hydrogen-bond donors (Lipinski definition) is 0. The molecule has 2 aromatic rings. The van der Waals surface area contributed by atoms with E-state index in [1.54, 1.807) is 30.5 Å². The molecule has 1 aromatic heterocycles. The molecular weight excluding hydrogens is 256 g/mol. The molecule has 0 amide bonds. The van der Waals surface area contributed by atoms with Crippen molar-refractivity contribution in [3.8, 4) is 0 Å². The molecule has 0 aliphatic carbocycles. The number of carbonyl (C=O) groups is 1. The van der Waals surface area contributed by atoms with Gasteiger partial charge in [0.05, 0.1) is 15.8 Å². The fraction of sp³-hybridized carbons (Fsp3) is 0.333. The number of fused-ring (bicyclic) bond motifs is 1. The van der Waals surface area contributed by atoms with Crippen LogP contribution in [0.25, 0.3) is 10.9 Å². The smallest absolute Gasteiger partial charge is 0.282 e. The Morgan fingerprint density at radius 3 is 2.60 bits per heavy atom. The van der Waals surface area contributed by atoms with Gasteiger partial charge in [-0.3, -0.25) is 19.9 Å². The number of carbonyl (C=O) groups excluding carboxylic acids is 1. The highest BCUT2D eigenvalue weighted by molar-refractivity contribution is 5.93. The van der Waals surface area contributed by atoms with Gasteiger partial charge in [0.2, 0.25) is 0 Å². The van der Waals surface area contributed by atoms with Crippen molar-refractivity contribution in [3.05, 3.63) is 46.1 Å². The van der Waals surface area contributed by atoms with Crippen LogP contribution in [0, 0.1) is 15.5 Å². The maximum Gasteiger partial charge on any atom is 0.282 e. The lowest BCUT2D eigenvalue weighted by Gasteiger charge is -2.16. The molecule has 0 aliphatic heterocycles. The van der Waals surface area contributed by atoms with E-state index in [0.717, 1.165) is 0 Å². The van der Waals surface area contributed by atoms with E-state index in [-0.39, 0.29) is 17.9 Å². The van der Waals surface area contributed by atoms with E-state index in [1.807, 2.05) is 20.8 Å². The maximum absolute atomic E-state index is 12.1. The molecule has 0 saturated carbocycles. The predicted molar refractivity (Wildman–Crippen MR) is 76.6 cm³/mol. The molecule has 2 rings (SSSR count). The van der Waals surface area contributed by atoms with Gasteiger partial charge in [0.1, 0.15) is 5.78 Å². The summed E-state index contributed by atoms with van der Waals surface area (Å²) in [6, 6.07) is 6.65. The van der Waals surface area contributed by atoms with Gasteiger partial charge in [0.25, 0.3) is 5.69 Å². The number of rotatable bonds is 3. The molecule has 0 bridgehead atoms. The first kappa shape index (κ1) is 14.1. The quantitative estimate of drug-likeness (QED) is 0.634. The monoisotopic (exact) mass is 272 g/mol. The van der Waals surface area contributed by atoms with Crippen molar-refractivity contribution in [2.45, 2.75) is 27.2 Å². The van der Waals surface area contributed by atoms with Crippen molar-refractivity contribution < 1.29 is 9.72 Å². The maximum atomic E-state index is 12.1. The van der Waals surface area contributed by atoms with E-state index in [4.69, 9.17) is 0 Å². The summed E-state index contributed by atoms with van der Waals surface area (Å²) in [4.78, 5) is 27.1. The van der Waals surface area contributed by atoms with Crippen LogP contribution in [-0.2, 0) is 11.2 Å². The van der Waals surface area contributed by atoms with Crippen molar-refractivity contribution in [2.24, 2.45) is 5.41 Å². The average Bonchev–Trinajstić information content (AvgIpc) is 2.36. The molecule has 5 nitrogen and oxygen atoms in total. The summed E-state index contributed by atoms with van der Waals surface area (Å²) in [5, 5.41) is 11.8. The van der Waals surface area contributed by atoms with Crippen molar-refractivity contribution >= 4 is 22.4 Å². The van der Waals surface area contributed by atoms with E-state index < -0.39 is 10.3 Å². The van der Waals surface area contributed by atoms with Crippen LogP contribution in [0.4, 0.5) is 5.69 Å². The molecule has 104 valence electrons. The van der Waals surface area contributed by atoms with Gasteiger partial charge in [-0.1, -0.05) is 20.8 Å². The van der Waals surface area contributed by atoms with Crippen molar-refractivity contribution in [1.82, 2.24) is 4.98 Å². The molecule has 0 unspecified atom stereocenters. The van der Waals surface area contributed by atoms with E-state index in [2.05, 4.69) is 4.98 Å². The SMILES string of the molecule is CC(C)(C)C(=O)Cc1ccc2ncccc2c1[N+](=O)[O-]. The van der Waals surface area contributed by atoms with E-state index in [0.29, 0.717) is 16.5 Å². The molecule has 20 heavy (non-hydrogen) atoms. The summed E-state index contributed by atoms with van der Waals surface area (Å²) in [6.45, 7) is 5.43. The molecule has 1 aromatic carbocycles. The van der Waals surface area contributed by atoms with E-state index >= 15 is 0 Å². The highest BCUT2D eigenvalue weighted by Gasteiger charge is 2.26. The fourth-order valence-electron chi connectivity index (χ4n) is 1.98. The second-order valence-electron chi connectivity index (χ2n) is 5.75. The first-order valence-electron chi connectivity index (χ1n) is 6.35. The van der Waals surface area contributed by atoms with Gasteiger partial charge >= 0.3 is 0 Å². The number of ketones is 1. The van der Waals surface area contributed by atoms with Gasteiger partial charge in [-0.15, -0.1) is 0 Å². The Labute approximate surface area is 116 Å². The predicted octanol–water partition coefficient (Wildman–Crippen LogP) is 3.30. The second-order valence-corrected chi connectivity index (χ2v) is 5.75. The molecule has 0 fully saturated rings. The zero-order valence-corrected chi connectivity index (χ0v) is 11.7. The normalized spacial score (nSPS) is 11.6. The summed E-state index contributed by atoms with van der Waals surface area (Å²) in [5.74, 6) is -0.0242. The number of nitrogens with zero attached hydrogens (tertiary/aromatic N) is 2. The summed E-state index contributed by atoms with van der Waals surface area (Å²) < 4.78 is 0. The number of nitro groups is 1. The number of benzene rings is 1. The van der Waals surface area contributed by atoms with Crippen LogP contribution in [0.2, 0.25) is 0 Å². The Hall–Kier alpha value is -2.30. The van der Waals surface area contributed by atoms with E-state index in [1.165, 1.54) is 0 Å². The van der Waals surface area contributed by atoms with Gasteiger partial charge in [-0.2, -0.15) is 0 Å². The Morgan fingerprint density at radius 1 is 1.30 bits per heavy atom. The Morgan fingerprint density at radius 2 is 2.00 bits per heavy atom. The second kappa shape index (κ2) is 5.00. The fourth-order valence-corrected chi connectivity index (χ4v) is 1.98. The molecule has 0 saturated heterocycles. The molecular formula is C15H16N2O3. The molecule has 5 heteroatoms. The number of aromatic nitrogens is 1. The summed E-state index contributed by atoms with van der Waals surface area (Å²) in [7, 11) is 0. The lowest BCUT2D eigenvalue weighted by Crippen LogP contribution is -2.22. The lowest BCUT2D eigenvalue weighted by molar-refractivity contribution is -0.383. The largest absolute Gasteiger partial charge is 0.299 e. The first-order valence-corrected chi connectivity index (χ1v) is 6.35. The Kier molecular flexibility index (Phi) is 3.53. The van der Waals surface area contributed by atoms with Crippen LogP contribution in [0.1, 0.15) is 26.3 Å². The van der Waals surface area contributed by atoms with Crippen molar-refractivity contribution in [2.75, 3.05) is 0 Å². The van der Waals surface area contributed by atoms with Crippen LogP contribution >= 0.6 is 0 Å². The third-order valence-corrected chi connectivity index (χ3v) is 3.21. The van der Waals surface area contributed by atoms with E-state index in [9.17, 15) is 14.9 Å². The first-order chi connectivity index (χ1) is 9.30. The third kappa shape index (κ3) is 2.66. The zero-order valence-electron chi connectivity index (χ0n) is 11.7. The topological polar surface area (TPSA) is 73.1 Å². The number of Topliss-reactive ketones (excluding diaryl/α,β-unsaturated/α-hetero) is 1. The Bertz CT molecular complexity index is 687. The highest BCUT2D eigenvalue weighted by Crippen LogP contribution is 2.30. The van der Waals surface area contributed by atoms with Crippen LogP contribution in [0.3, 0.4) is 0 Å². The zero-order chi connectivity index (χ0) is 14.9. The molecule has 0 N–H and O–H groups in total. The van der Waals surface area contributed by atoms with Crippen LogP contribution in [-0.4, -0.2) is 15.7 Å². The minimum atomic E-state index is -0.516. The molecule has 1 heterocycles. The standard InChI is InChI=1S/C15H16N2O3/c1-15(2,3)13(18)9-10-6-7-12-11(5-4-8-16-12)14(10)17(19)20/h4-8H,9H2,1-3H3. The summed E-state index contributed by atoms with van der Waals surface area (Å²) in [6.07, 6.45) is 1.65. The Balaban J connectivity index is 2.57. The third-order valence-electron chi connectivity index (χ3n) is 3.21. The summed E-state index contributed by atoms with van der Waals surface area (Å²) in [5.41, 5.74) is 0.465. The van der Waals surface area contributed by atoms with Crippen LogP contribution in [0.15, 0.2) is 30.5 Å². The number of pyridine rings is 1. The minimum absolute atomic E-state index is 0.0202. The summed E-state index contributed by atoms with van der Waals surface area (Å²) >= 11 is 0. The van der Waals surface area contributed by atoms with Crippen molar-refractivity contribution in [3.63, 3.8) is 0 Å². The highest BCUT2D eigenvalue weighted by atomic mass is 16.6. The molecule has 0 aliphatic rings. The average molecular weight is 272 g/mol.